The Hall–Kier alpha value is -3.29. The minimum absolute atomic E-state index is 0.182. The van der Waals surface area contributed by atoms with Crippen molar-refractivity contribution in [1.29, 1.82) is 0 Å². The largest absolute Gasteiger partial charge is 0.496 e. The summed E-state index contributed by atoms with van der Waals surface area (Å²) >= 11 is 0. The fraction of sp³-hybridized carbons (Fsp3) is 0.409. The molecule has 0 radical (unpaired) electrons. The molecule has 2 aromatic heterocycles. The Morgan fingerprint density at radius 2 is 1.70 bits per heavy atom. The summed E-state index contributed by atoms with van der Waals surface area (Å²) in [6.45, 7) is 6.25. The van der Waals surface area contributed by atoms with Crippen LogP contribution in [0.3, 0.4) is 0 Å². The molecule has 8 nitrogen and oxygen atoms in total. The predicted molar refractivity (Wildman–Crippen MR) is 115 cm³/mol. The van der Waals surface area contributed by atoms with Gasteiger partial charge in [0.15, 0.2) is 17.1 Å². The van der Waals surface area contributed by atoms with E-state index in [1.807, 2.05) is 33.9 Å². The van der Waals surface area contributed by atoms with Gasteiger partial charge < -0.3 is 19.5 Å². The number of methoxy groups -OCH3 is 3. The lowest BCUT2D eigenvalue weighted by molar-refractivity contribution is 0.0952. The summed E-state index contributed by atoms with van der Waals surface area (Å²) in [6.07, 6.45) is 0. The third-order valence-corrected chi connectivity index (χ3v) is 5.05. The molecule has 2 heterocycles. The first-order valence-electron chi connectivity index (χ1n) is 9.72. The van der Waals surface area contributed by atoms with Gasteiger partial charge in [-0.25, -0.2) is 4.98 Å². The summed E-state index contributed by atoms with van der Waals surface area (Å²) in [5.41, 5.74) is 3.66. The van der Waals surface area contributed by atoms with Crippen molar-refractivity contribution in [3.05, 3.63) is 40.7 Å². The van der Waals surface area contributed by atoms with Crippen LogP contribution in [0.5, 0.6) is 17.2 Å². The molecular formula is C22H28N4O4. The van der Waals surface area contributed by atoms with Crippen molar-refractivity contribution in [2.45, 2.75) is 33.2 Å². The van der Waals surface area contributed by atoms with Crippen molar-refractivity contribution in [1.82, 2.24) is 20.1 Å². The molecule has 1 aromatic carbocycles. The van der Waals surface area contributed by atoms with E-state index in [1.54, 1.807) is 38.1 Å². The fourth-order valence-electron chi connectivity index (χ4n) is 3.44. The Morgan fingerprint density at radius 3 is 2.30 bits per heavy atom. The number of nitrogens with one attached hydrogen (secondary N) is 1. The Kier molecular flexibility index (Phi) is 6.14. The second kappa shape index (κ2) is 8.61. The quantitative estimate of drug-likeness (QED) is 0.640. The van der Waals surface area contributed by atoms with E-state index in [9.17, 15) is 4.79 Å². The van der Waals surface area contributed by atoms with Crippen LogP contribution in [0.25, 0.3) is 11.0 Å². The van der Waals surface area contributed by atoms with Crippen LogP contribution in [-0.4, -0.2) is 42.0 Å². The number of aromatic nitrogens is 3. The molecule has 0 spiro atoms. The molecule has 0 fully saturated rings. The molecule has 0 saturated carbocycles. The Balaban J connectivity index is 1.96. The van der Waals surface area contributed by atoms with E-state index >= 15 is 0 Å². The van der Waals surface area contributed by atoms with E-state index < -0.39 is 0 Å². The molecule has 3 rings (SSSR count). The zero-order chi connectivity index (χ0) is 22.0. The zero-order valence-electron chi connectivity index (χ0n) is 18.5. The van der Waals surface area contributed by atoms with Crippen LogP contribution < -0.4 is 19.5 Å². The molecular weight excluding hydrogens is 384 g/mol. The van der Waals surface area contributed by atoms with Gasteiger partial charge in [-0.05, 0) is 25.0 Å². The number of aryl methyl sites for hydroxylation is 2. The standard InChI is InChI=1S/C22H28N4O4/c1-12(2)16-9-15(20-13(3)25-26(4)21(20)24-16)22(27)23-11-14-8-18(29-6)19(30-7)10-17(14)28-5/h8-10,12H,11H2,1-7H3,(H,23,27). The highest BCUT2D eigenvalue weighted by Crippen LogP contribution is 2.34. The third-order valence-electron chi connectivity index (χ3n) is 5.05. The van der Waals surface area contributed by atoms with Crippen LogP contribution in [0.2, 0.25) is 0 Å². The maximum atomic E-state index is 13.2. The molecule has 0 aliphatic rings. The SMILES string of the molecule is COc1cc(OC)c(OC)cc1CNC(=O)c1cc(C(C)C)nc2c1c(C)nn2C. The molecule has 0 atom stereocenters. The normalized spacial score (nSPS) is 11.1. The summed E-state index contributed by atoms with van der Waals surface area (Å²) in [5.74, 6) is 1.72. The monoisotopic (exact) mass is 412 g/mol. The minimum Gasteiger partial charge on any atom is -0.496 e. The minimum atomic E-state index is -0.197. The van der Waals surface area contributed by atoms with Crippen molar-refractivity contribution in [3.63, 3.8) is 0 Å². The third kappa shape index (κ3) is 3.90. The van der Waals surface area contributed by atoms with Gasteiger partial charge in [0.2, 0.25) is 0 Å². The summed E-state index contributed by atoms with van der Waals surface area (Å²) in [5, 5.41) is 8.20. The number of hydrogen-bond donors (Lipinski definition) is 1. The zero-order valence-corrected chi connectivity index (χ0v) is 18.5. The average molecular weight is 412 g/mol. The van der Waals surface area contributed by atoms with Crippen molar-refractivity contribution in [2.24, 2.45) is 7.05 Å². The van der Waals surface area contributed by atoms with E-state index in [2.05, 4.69) is 10.4 Å². The Morgan fingerprint density at radius 1 is 1.07 bits per heavy atom. The molecule has 0 bridgehead atoms. The van der Waals surface area contributed by atoms with Crippen LogP contribution in [-0.2, 0) is 13.6 Å². The van der Waals surface area contributed by atoms with Gasteiger partial charge in [0.25, 0.3) is 5.91 Å². The summed E-state index contributed by atoms with van der Waals surface area (Å²) < 4.78 is 17.9. The fourth-order valence-corrected chi connectivity index (χ4v) is 3.44. The summed E-state index contributed by atoms with van der Waals surface area (Å²) in [4.78, 5) is 17.9. The molecule has 0 aliphatic carbocycles. The first kappa shape index (κ1) is 21.4. The van der Waals surface area contributed by atoms with Crippen LogP contribution in [0.1, 0.15) is 47.1 Å². The molecule has 30 heavy (non-hydrogen) atoms. The maximum absolute atomic E-state index is 13.2. The van der Waals surface area contributed by atoms with E-state index in [1.165, 1.54) is 0 Å². The van der Waals surface area contributed by atoms with Gasteiger partial charge in [-0.1, -0.05) is 13.8 Å². The second-order valence-corrected chi connectivity index (χ2v) is 7.36. The van der Waals surface area contributed by atoms with Gasteiger partial charge in [-0.2, -0.15) is 5.10 Å². The Labute approximate surface area is 176 Å². The van der Waals surface area contributed by atoms with Gasteiger partial charge in [0.1, 0.15) is 5.75 Å². The highest BCUT2D eigenvalue weighted by atomic mass is 16.5. The molecule has 0 saturated heterocycles. The number of carbonyl (C=O) groups is 1. The number of carbonyl (C=O) groups excluding carboxylic acids is 1. The number of amides is 1. The van der Waals surface area contributed by atoms with E-state index in [-0.39, 0.29) is 18.4 Å². The Bertz CT molecular complexity index is 1090. The number of nitrogens with zero attached hydrogens (tertiary/aromatic N) is 3. The number of rotatable bonds is 7. The molecule has 8 heteroatoms. The lowest BCUT2D eigenvalue weighted by Crippen LogP contribution is -2.24. The summed E-state index contributed by atoms with van der Waals surface area (Å²) in [7, 11) is 6.55. The van der Waals surface area contributed by atoms with Crippen molar-refractivity contribution in [2.75, 3.05) is 21.3 Å². The number of benzene rings is 1. The van der Waals surface area contributed by atoms with Gasteiger partial charge >= 0.3 is 0 Å². The topological polar surface area (TPSA) is 87.5 Å². The van der Waals surface area contributed by atoms with Crippen LogP contribution in [0, 0.1) is 6.92 Å². The maximum Gasteiger partial charge on any atom is 0.252 e. The highest BCUT2D eigenvalue weighted by molar-refractivity contribution is 6.06. The first-order chi connectivity index (χ1) is 14.3. The molecule has 1 N–H and O–H groups in total. The van der Waals surface area contributed by atoms with E-state index in [0.717, 1.165) is 22.3 Å². The summed E-state index contributed by atoms with van der Waals surface area (Å²) in [6, 6.07) is 5.39. The van der Waals surface area contributed by atoms with Crippen molar-refractivity contribution in [3.8, 4) is 17.2 Å². The predicted octanol–water partition coefficient (Wildman–Crippen LogP) is 3.36. The average Bonchev–Trinajstić information content (AvgIpc) is 3.04. The molecule has 160 valence electrons. The molecule has 0 unspecified atom stereocenters. The highest BCUT2D eigenvalue weighted by Gasteiger charge is 2.20. The van der Waals surface area contributed by atoms with E-state index in [0.29, 0.717) is 28.5 Å². The molecule has 3 aromatic rings. The number of hydrogen-bond acceptors (Lipinski definition) is 6. The van der Waals surface area contributed by atoms with Crippen LogP contribution in [0.4, 0.5) is 0 Å². The second-order valence-electron chi connectivity index (χ2n) is 7.36. The molecule has 0 aliphatic heterocycles. The first-order valence-corrected chi connectivity index (χ1v) is 9.72. The van der Waals surface area contributed by atoms with Gasteiger partial charge in [0, 0.05) is 30.9 Å². The van der Waals surface area contributed by atoms with E-state index in [4.69, 9.17) is 19.2 Å². The smallest absolute Gasteiger partial charge is 0.252 e. The van der Waals surface area contributed by atoms with Crippen LogP contribution in [0.15, 0.2) is 18.2 Å². The van der Waals surface area contributed by atoms with Gasteiger partial charge in [-0.3, -0.25) is 9.48 Å². The number of ether oxygens (including phenoxy) is 3. The van der Waals surface area contributed by atoms with Gasteiger partial charge in [-0.15, -0.1) is 0 Å². The lowest BCUT2D eigenvalue weighted by atomic mass is 10.0. The van der Waals surface area contributed by atoms with Crippen molar-refractivity contribution < 1.29 is 19.0 Å². The van der Waals surface area contributed by atoms with Crippen molar-refractivity contribution >= 4 is 16.9 Å². The van der Waals surface area contributed by atoms with Crippen LogP contribution >= 0.6 is 0 Å². The molecule has 1 amide bonds. The van der Waals surface area contributed by atoms with Gasteiger partial charge in [0.05, 0.1) is 38.0 Å². The number of pyridine rings is 1. The lowest BCUT2D eigenvalue weighted by Gasteiger charge is -2.15. The number of fused-ring (bicyclic) bond motifs is 1.